The summed E-state index contributed by atoms with van der Waals surface area (Å²) in [5, 5.41) is 3.13. The van der Waals surface area contributed by atoms with E-state index in [1.54, 1.807) is 12.0 Å². The molecule has 0 radical (unpaired) electrons. The van der Waals surface area contributed by atoms with E-state index < -0.39 is 11.7 Å². The maximum Gasteiger partial charge on any atom is 0.306 e. The molecule has 3 atom stereocenters. The lowest BCUT2D eigenvalue weighted by Gasteiger charge is -2.32. The van der Waals surface area contributed by atoms with Crippen molar-refractivity contribution in [3.05, 3.63) is 0 Å². The van der Waals surface area contributed by atoms with Crippen molar-refractivity contribution in [2.45, 2.75) is 82.1 Å². The molecule has 25 heavy (non-hydrogen) atoms. The first-order chi connectivity index (χ1) is 12.0. The normalized spacial score (nSPS) is 31.2. The predicted octanol–water partition coefficient (Wildman–Crippen LogP) is 1.15. The Morgan fingerprint density at radius 2 is 2.04 bits per heavy atom. The fraction of sp³-hybridized carbons (Fsp3) is 0.833. The lowest BCUT2D eigenvalue weighted by atomic mass is 9.98. The quantitative estimate of drug-likeness (QED) is 0.750. The highest BCUT2D eigenvalue weighted by molar-refractivity contribution is 5.88. The summed E-state index contributed by atoms with van der Waals surface area (Å²) >= 11 is 0. The summed E-state index contributed by atoms with van der Waals surface area (Å²) in [7, 11) is 1.60. The SMILES string of the molecule is CC[C@@H]1[C@@H](NC(=O)C2(OC)CCCC2)CCN1C(=O)[C@@H]1CCC(=O)O1. The molecule has 2 saturated heterocycles. The highest BCUT2D eigenvalue weighted by Crippen LogP contribution is 2.34. The van der Waals surface area contributed by atoms with Crippen molar-refractivity contribution in [2.75, 3.05) is 13.7 Å². The van der Waals surface area contributed by atoms with E-state index in [1.165, 1.54) is 0 Å². The molecule has 2 heterocycles. The number of ether oxygens (including phenoxy) is 2. The zero-order valence-electron chi connectivity index (χ0n) is 15.1. The molecule has 0 aromatic heterocycles. The number of likely N-dealkylation sites (tertiary alicyclic amines) is 1. The molecule has 3 fully saturated rings. The molecule has 0 spiro atoms. The highest BCUT2D eigenvalue weighted by atomic mass is 16.6. The van der Waals surface area contributed by atoms with Crippen LogP contribution >= 0.6 is 0 Å². The number of hydrogen-bond acceptors (Lipinski definition) is 5. The summed E-state index contributed by atoms with van der Waals surface area (Å²) in [6.07, 6.45) is 5.07. The number of nitrogens with one attached hydrogen (secondary N) is 1. The molecule has 1 N–H and O–H groups in total. The van der Waals surface area contributed by atoms with Crippen LogP contribution in [0.4, 0.5) is 0 Å². The molecule has 7 nitrogen and oxygen atoms in total. The predicted molar refractivity (Wildman–Crippen MR) is 89.7 cm³/mol. The minimum atomic E-state index is -0.712. The second kappa shape index (κ2) is 7.32. The van der Waals surface area contributed by atoms with Crippen LogP contribution in [-0.2, 0) is 23.9 Å². The summed E-state index contributed by atoms with van der Waals surface area (Å²) in [5.74, 6) is -0.493. The smallest absolute Gasteiger partial charge is 0.306 e. The number of hydrogen-bond donors (Lipinski definition) is 1. The fourth-order valence-electron chi connectivity index (χ4n) is 4.45. The summed E-state index contributed by atoms with van der Waals surface area (Å²) in [4.78, 5) is 38.5. The average molecular weight is 352 g/mol. The van der Waals surface area contributed by atoms with Crippen molar-refractivity contribution in [1.29, 1.82) is 0 Å². The summed E-state index contributed by atoms with van der Waals surface area (Å²) in [5.41, 5.74) is -0.712. The van der Waals surface area contributed by atoms with Crippen LogP contribution in [0.15, 0.2) is 0 Å². The van der Waals surface area contributed by atoms with Crippen molar-refractivity contribution in [2.24, 2.45) is 0 Å². The van der Waals surface area contributed by atoms with E-state index in [0.29, 0.717) is 19.4 Å². The zero-order chi connectivity index (χ0) is 18.0. The first-order valence-electron chi connectivity index (χ1n) is 9.37. The van der Waals surface area contributed by atoms with Crippen LogP contribution in [-0.4, -0.2) is 60.1 Å². The van der Waals surface area contributed by atoms with Crippen LogP contribution in [0, 0.1) is 0 Å². The summed E-state index contributed by atoms with van der Waals surface area (Å²) in [6.45, 7) is 2.59. The number of nitrogens with zero attached hydrogens (tertiary/aromatic N) is 1. The van der Waals surface area contributed by atoms with Gasteiger partial charge in [0.25, 0.3) is 11.8 Å². The van der Waals surface area contributed by atoms with Gasteiger partial charge >= 0.3 is 5.97 Å². The minimum Gasteiger partial charge on any atom is -0.452 e. The van der Waals surface area contributed by atoms with Gasteiger partial charge in [-0.2, -0.15) is 0 Å². The number of carbonyl (C=O) groups is 3. The van der Waals surface area contributed by atoms with Crippen LogP contribution in [0.5, 0.6) is 0 Å². The van der Waals surface area contributed by atoms with Gasteiger partial charge in [0.15, 0.2) is 6.10 Å². The Morgan fingerprint density at radius 3 is 2.60 bits per heavy atom. The monoisotopic (exact) mass is 352 g/mol. The van der Waals surface area contributed by atoms with E-state index in [-0.39, 0.29) is 29.9 Å². The minimum absolute atomic E-state index is 0.0578. The number of amides is 2. The summed E-state index contributed by atoms with van der Waals surface area (Å²) < 4.78 is 10.7. The third kappa shape index (κ3) is 3.38. The van der Waals surface area contributed by atoms with Crippen LogP contribution < -0.4 is 5.32 Å². The van der Waals surface area contributed by atoms with Gasteiger partial charge in [0.05, 0.1) is 12.1 Å². The molecule has 0 aromatic rings. The van der Waals surface area contributed by atoms with E-state index in [2.05, 4.69) is 5.32 Å². The maximum absolute atomic E-state index is 12.8. The lowest BCUT2D eigenvalue weighted by Crippen LogP contribution is -2.54. The van der Waals surface area contributed by atoms with Gasteiger partial charge in [-0.15, -0.1) is 0 Å². The van der Waals surface area contributed by atoms with Crippen LogP contribution in [0.2, 0.25) is 0 Å². The Kier molecular flexibility index (Phi) is 5.32. The first-order valence-corrected chi connectivity index (χ1v) is 9.37. The second-order valence-electron chi connectivity index (χ2n) is 7.30. The molecule has 1 aliphatic carbocycles. The fourth-order valence-corrected chi connectivity index (χ4v) is 4.45. The van der Waals surface area contributed by atoms with Gasteiger partial charge in [-0.3, -0.25) is 14.4 Å². The number of methoxy groups -OCH3 is 1. The first kappa shape index (κ1) is 18.2. The van der Waals surface area contributed by atoms with E-state index in [4.69, 9.17) is 9.47 Å². The third-order valence-corrected chi connectivity index (χ3v) is 5.94. The number of esters is 1. The molecule has 1 saturated carbocycles. The average Bonchev–Trinajstić information content (AvgIpc) is 3.33. The van der Waals surface area contributed by atoms with Crippen LogP contribution in [0.25, 0.3) is 0 Å². The van der Waals surface area contributed by atoms with E-state index >= 15 is 0 Å². The number of carbonyl (C=O) groups excluding carboxylic acids is 3. The highest BCUT2D eigenvalue weighted by Gasteiger charge is 2.46. The molecule has 0 aromatic carbocycles. The topological polar surface area (TPSA) is 84.9 Å². The molecule has 2 aliphatic heterocycles. The Morgan fingerprint density at radius 1 is 1.32 bits per heavy atom. The standard InChI is InChI=1S/C18H28N2O5/c1-3-13-12(19-17(23)18(24-2)9-4-5-10-18)8-11-20(13)16(22)14-6-7-15(21)25-14/h12-14H,3-11H2,1-2H3,(H,19,23)/t12-,13+,14-/m0/s1. The van der Waals surface area contributed by atoms with Gasteiger partial charge in [-0.25, -0.2) is 0 Å². The van der Waals surface area contributed by atoms with Crippen molar-refractivity contribution >= 4 is 17.8 Å². The molecule has 2 amide bonds. The second-order valence-corrected chi connectivity index (χ2v) is 7.30. The molecule has 3 rings (SSSR count). The van der Waals surface area contributed by atoms with Gasteiger partial charge in [0.2, 0.25) is 0 Å². The van der Waals surface area contributed by atoms with Gasteiger partial charge in [-0.1, -0.05) is 6.92 Å². The van der Waals surface area contributed by atoms with Crippen molar-refractivity contribution in [1.82, 2.24) is 10.2 Å². The summed E-state index contributed by atoms with van der Waals surface area (Å²) in [6, 6.07) is -0.141. The van der Waals surface area contributed by atoms with Gasteiger partial charge in [0, 0.05) is 26.5 Å². The Bertz CT molecular complexity index is 544. The third-order valence-electron chi connectivity index (χ3n) is 5.94. The van der Waals surface area contributed by atoms with E-state index in [1.807, 2.05) is 6.92 Å². The molecule has 0 bridgehead atoms. The van der Waals surface area contributed by atoms with Gasteiger partial charge < -0.3 is 19.7 Å². The zero-order valence-corrected chi connectivity index (χ0v) is 15.1. The van der Waals surface area contributed by atoms with Crippen LogP contribution in [0.3, 0.4) is 0 Å². The molecule has 7 heteroatoms. The van der Waals surface area contributed by atoms with E-state index in [9.17, 15) is 14.4 Å². The van der Waals surface area contributed by atoms with Crippen molar-refractivity contribution in [3.63, 3.8) is 0 Å². The van der Waals surface area contributed by atoms with Crippen molar-refractivity contribution in [3.8, 4) is 0 Å². The Labute approximate surface area is 148 Å². The largest absolute Gasteiger partial charge is 0.452 e. The number of cyclic esters (lactones) is 1. The van der Waals surface area contributed by atoms with Gasteiger partial charge in [-0.05, 0) is 38.5 Å². The molecular formula is C18H28N2O5. The molecule has 3 aliphatic rings. The lowest BCUT2D eigenvalue weighted by molar-refractivity contribution is -0.153. The van der Waals surface area contributed by atoms with Crippen LogP contribution in [0.1, 0.15) is 58.3 Å². The maximum atomic E-state index is 12.8. The Balaban J connectivity index is 1.64. The van der Waals surface area contributed by atoms with Crippen molar-refractivity contribution < 1.29 is 23.9 Å². The van der Waals surface area contributed by atoms with E-state index in [0.717, 1.165) is 38.5 Å². The molecule has 140 valence electrons. The molecule has 0 unspecified atom stereocenters. The Hall–Kier alpha value is -1.63. The molecular weight excluding hydrogens is 324 g/mol. The van der Waals surface area contributed by atoms with Gasteiger partial charge in [0.1, 0.15) is 5.60 Å². The number of rotatable bonds is 5.